The van der Waals surface area contributed by atoms with E-state index in [9.17, 15) is 9.59 Å². The number of ether oxygens (including phenoxy) is 1. The lowest BCUT2D eigenvalue weighted by Crippen LogP contribution is -2.41. The van der Waals surface area contributed by atoms with E-state index in [1.165, 1.54) is 5.01 Å². The van der Waals surface area contributed by atoms with Crippen LogP contribution in [0.4, 0.5) is 0 Å². The lowest BCUT2D eigenvalue weighted by Gasteiger charge is -2.28. The average molecular weight is 369 g/mol. The molecule has 0 fully saturated rings. The summed E-state index contributed by atoms with van der Waals surface area (Å²) in [5, 5.41) is 11.4. The summed E-state index contributed by atoms with van der Waals surface area (Å²) in [5.74, 6) is -0.311. The van der Waals surface area contributed by atoms with Gasteiger partial charge in [-0.05, 0) is 18.9 Å². The zero-order valence-electron chi connectivity index (χ0n) is 17.3. The second kappa shape index (κ2) is 10.0. The van der Waals surface area contributed by atoms with Crippen molar-refractivity contribution < 1.29 is 14.3 Å². The highest BCUT2D eigenvalue weighted by Crippen LogP contribution is 2.22. The fourth-order valence-electron chi connectivity index (χ4n) is 2.35. The number of carbonyl (C=O) groups is 2. The molecule has 1 aliphatic rings. The minimum atomic E-state index is -0.195. The van der Waals surface area contributed by atoms with Gasteiger partial charge >= 0.3 is 0 Å². The smallest absolute Gasteiger partial charge is 0.248 e. The first-order valence-corrected chi connectivity index (χ1v) is 9.44. The Balaban J connectivity index is 2.36. The highest BCUT2D eigenvalue weighted by atomic mass is 16.5. The molecule has 7 heteroatoms. The summed E-state index contributed by atoms with van der Waals surface area (Å²) in [5.41, 5.74) is 0.818. The summed E-state index contributed by atoms with van der Waals surface area (Å²) in [6.07, 6.45) is 2.09. The lowest BCUT2D eigenvalue weighted by molar-refractivity contribution is -0.134. The molecule has 1 aliphatic heterocycles. The van der Waals surface area contributed by atoms with Crippen molar-refractivity contribution in [1.82, 2.24) is 15.6 Å². The van der Waals surface area contributed by atoms with Crippen LogP contribution >= 0.6 is 0 Å². The second-order valence-corrected chi connectivity index (χ2v) is 8.60. The van der Waals surface area contributed by atoms with Gasteiger partial charge in [0.15, 0.2) is 0 Å². The van der Waals surface area contributed by atoms with Crippen LogP contribution in [0, 0.1) is 10.8 Å². The molecule has 0 radical (unpaired) electrons. The van der Waals surface area contributed by atoms with Crippen molar-refractivity contribution in [1.29, 1.82) is 0 Å². The number of amides is 2. The minimum Gasteiger partial charge on any atom is -0.380 e. The van der Waals surface area contributed by atoms with Gasteiger partial charge < -0.3 is 15.4 Å². The van der Waals surface area contributed by atoms with Gasteiger partial charge in [0.1, 0.15) is 6.54 Å². The Morgan fingerprint density at radius 3 is 2.50 bits per heavy atom. The van der Waals surface area contributed by atoms with Crippen LogP contribution in [0.1, 0.15) is 53.9 Å². The average Bonchev–Trinajstić information content (AvgIpc) is 2.90. The van der Waals surface area contributed by atoms with Gasteiger partial charge in [-0.1, -0.05) is 34.6 Å². The molecule has 0 aromatic carbocycles. The number of hydrazone groups is 1. The molecule has 0 atom stereocenters. The monoisotopic (exact) mass is 368 g/mol. The molecule has 0 saturated carbocycles. The standard InChI is InChI=1S/C19H36N4O3/c1-7-18(2,3)13-26-14-19(4,5)12-21-16(24)11-23-17(25)10-15(22-23)8-9-20-6/h20H,7-14H2,1-6H3,(H,21,24). The highest BCUT2D eigenvalue weighted by molar-refractivity contribution is 6.05. The molecule has 0 unspecified atom stereocenters. The van der Waals surface area contributed by atoms with Crippen LogP contribution in [0.3, 0.4) is 0 Å². The third kappa shape index (κ3) is 8.27. The van der Waals surface area contributed by atoms with E-state index >= 15 is 0 Å². The SMILES string of the molecule is CCC(C)(C)COCC(C)(C)CNC(=O)CN1N=C(CCNC)CC1=O. The van der Waals surface area contributed by atoms with Crippen molar-refractivity contribution >= 4 is 17.5 Å². The third-order valence-corrected chi connectivity index (χ3v) is 4.57. The molecule has 2 amide bonds. The van der Waals surface area contributed by atoms with Crippen LogP contribution < -0.4 is 10.6 Å². The molecule has 0 aromatic heterocycles. The number of nitrogens with one attached hydrogen (secondary N) is 2. The highest BCUT2D eigenvalue weighted by Gasteiger charge is 2.26. The van der Waals surface area contributed by atoms with E-state index in [2.05, 4.69) is 50.4 Å². The van der Waals surface area contributed by atoms with Gasteiger partial charge in [-0.3, -0.25) is 9.59 Å². The third-order valence-electron chi connectivity index (χ3n) is 4.57. The first kappa shape index (κ1) is 22.6. The Labute approximate surface area is 157 Å². The molecule has 1 rings (SSSR count). The molecular formula is C19H36N4O3. The van der Waals surface area contributed by atoms with E-state index in [0.29, 0.717) is 26.2 Å². The Hall–Kier alpha value is -1.47. The van der Waals surface area contributed by atoms with Gasteiger partial charge in [0.25, 0.3) is 0 Å². The second-order valence-electron chi connectivity index (χ2n) is 8.60. The van der Waals surface area contributed by atoms with Gasteiger partial charge in [-0.2, -0.15) is 5.10 Å². The van der Waals surface area contributed by atoms with E-state index in [1.54, 1.807) is 0 Å². The fourth-order valence-corrected chi connectivity index (χ4v) is 2.35. The number of hydrogen-bond donors (Lipinski definition) is 2. The van der Waals surface area contributed by atoms with Crippen LogP contribution in [0.2, 0.25) is 0 Å². The van der Waals surface area contributed by atoms with E-state index in [0.717, 1.165) is 25.1 Å². The van der Waals surface area contributed by atoms with E-state index in [-0.39, 0.29) is 29.2 Å². The summed E-state index contributed by atoms with van der Waals surface area (Å²) in [7, 11) is 1.86. The molecule has 0 spiro atoms. The molecular weight excluding hydrogens is 332 g/mol. The fraction of sp³-hybridized carbons (Fsp3) is 0.842. The molecule has 26 heavy (non-hydrogen) atoms. The van der Waals surface area contributed by atoms with Crippen molar-refractivity contribution in [3.05, 3.63) is 0 Å². The lowest BCUT2D eigenvalue weighted by atomic mass is 9.91. The number of hydrogen-bond acceptors (Lipinski definition) is 5. The summed E-state index contributed by atoms with van der Waals surface area (Å²) in [4.78, 5) is 24.1. The van der Waals surface area contributed by atoms with Crippen molar-refractivity contribution in [2.75, 3.05) is 39.9 Å². The molecule has 150 valence electrons. The van der Waals surface area contributed by atoms with Crippen molar-refractivity contribution in [2.24, 2.45) is 15.9 Å². The summed E-state index contributed by atoms with van der Waals surface area (Å²) >= 11 is 0. The van der Waals surface area contributed by atoms with E-state index in [4.69, 9.17) is 4.74 Å². The summed E-state index contributed by atoms with van der Waals surface area (Å²) < 4.78 is 5.84. The zero-order chi connectivity index (χ0) is 19.8. The maximum Gasteiger partial charge on any atom is 0.248 e. The normalized spacial score (nSPS) is 15.4. The zero-order valence-corrected chi connectivity index (χ0v) is 17.3. The van der Waals surface area contributed by atoms with Crippen molar-refractivity contribution in [2.45, 2.75) is 53.9 Å². The predicted molar refractivity (Wildman–Crippen MR) is 104 cm³/mol. The molecule has 7 nitrogen and oxygen atoms in total. The van der Waals surface area contributed by atoms with Crippen LogP contribution in [-0.2, 0) is 14.3 Å². The Kier molecular flexibility index (Phi) is 8.70. The van der Waals surface area contributed by atoms with Crippen LogP contribution in [0.15, 0.2) is 5.10 Å². The van der Waals surface area contributed by atoms with Gasteiger partial charge in [0, 0.05) is 30.6 Å². The van der Waals surface area contributed by atoms with Crippen LogP contribution in [0.25, 0.3) is 0 Å². The topological polar surface area (TPSA) is 83.0 Å². The molecule has 0 bridgehead atoms. The quantitative estimate of drug-likeness (QED) is 0.550. The molecule has 0 aliphatic carbocycles. The Morgan fingerprint density at radius 2 is 1.88 bits per heavy atom. The first-order valence-electron chi connectivity index (χ1n) is 9.44. The van der Waals surface area contributed by atoms with Gasteiger partial charge in [0.05, 0.1) is 19.6 Å². The van der Waals surface area contributed by atoms with Gasteiger partial charge in [-0.15, -0.1) is 0 Å². The Bertz CT molecular complexity index is 515. The summed E-state index contributed by atoms with van der Waals surface area (Å²) in [6, 6.07) is 0. The first-order chi connectivity index (χ1) is 12.1. The number of nitrogens with zero attached hydrogens (tertiary/aromatic N) is 2. The van der Waals surface area contributed by atoms with Crippen LogP contribution in [0.5, 0.6) is 0 Å². The predicted octanol–water partition coefficient (Wildman–Crippen LogP) is 1.78. The molecule has 0 saturated heterocycles. The minimum absolute atomic E-state index is 0.0261. The molecule has 0 aromatic rings. The molecule has 1 heterocycles. The maximum absolute atomic E-state index is 12.2. The van der Waals surface area contributed by atoms with Crippen molar-refractivity contribution in [3.8, 4) is 0 Å². The molecule has 2 N–H and O–H groups in total. The number of rotatable bonds is 12. The van der Waals surface area contributed by atoms with Gasteiger partial charge in [0.2, 0.25) is 11.8 Å². The van der Waals surface area contributed by atoms with Crippen LogP contribution in [-0.4, -0.2) is 62.4 Å². The number of carbonyl (C=O) groups excluding carboxylic acids is 2. The van der Waals surface area contributed by atoms with E-state index < -0.39 is 0 Å². The summed E-state index contributed by atoms with van der Waals surface area (Å²) in [6.45, 7) is 13.1. The largest absolute Gasteiger partial charge is 0.380 e. The van der Waals surface area contributed by atoms with Gasteiger partial charge in [-0.25, -0.2) is 5.01 Å². The maximum atomic E-state index is 12.2. The Morgan fingerprint density at radius 1 is 1.23 bits per heavy atom. The van der Waals surface area contributed by atoms with E-state index in [1.807, 2.05) is 7.05 Å². The van der Waals surface area contributed by atoms with Crippen molar-refractivity contribution in [3.63, 3.8) is 0 Å².